The molecule has 0 saturated heterocycles. The van der Waals surface area contributed by atoms with E-state index in [4.69, 9.17) is 9.97 Å². The van der Waals surface area contributed by atoms with Gasteiger partial charge in [-0.3, -0.25) is 9.38 Å². The molecule has 0 saturated carbocycles. The van der Waals surface area contributed by atoms with Crippen LogP contribution in [0.1, 0.15) is 39.0 Å². The molecule has 227 valence electrons. The van der Waals surface area contributed by atoms with Crippen molar-refractivity contribution in [2.24, 2.45) is 0 Å². The quantitative estimate of drug-likeness (QED) is 0.124. The number of pyridine rings is 2. The Kier molecular flexibility index (Phi) is 6.27. The van der Waals surface area contributed by atoms with Gasteiger partial charge in [-0.2, -0.15) is 18.2 Å². The molecule has 5 aromatic heterocycles. The van der Waals surface area contributed by atoms with Gasteiger partial charge in [-0.25, -0.2) is 9.97 Å². The van der Waals surface area contributed by atoms with Gasteiger partial charge >= 0.3 is 0 Å². The summed E-state index contributed by atoms with van der Waals surface area (Å²) in [7, 11) is 0. The summed E-state index contributed by atoms with van der Waals surface area (Å²) in [5, 5.41) is 3.65. The molecule has 1 aliphatic heterocycles. The van der Waals surface area contributed by atoms with Crippen molar-refractivity contribution in [1.29, 1.82) is 0 Å². The molecule has 6 nitrogen and oxygen atoms in total. The second-order valence-electron chi connectivity index (χ2n) is 12.9. The van der Waals surface area contributed by atoms with E-state index in [1.807, 2.05) is 48.5 Å². The maximum absolute atomic E-state index is 4.79. The smallest absolute Gasteiger partial charge is 0.208 e. The molecule has 10 rings (SSSR count). The van der Waals surface area contributed by atoms with Gasteiger partial charge in [0.15, 0.2) is 5.65 Å². The molecule has 4 aromatic carbocycles. The molecule has 7 heteroatoms. The Morgan fingerprint density at radius 1 is 0.674 bits per heavy atom. The topological polar surface area (TPSA) is 52.4 Å². The molecular weight excluding hydrogens is 745 g/mol. The van der Waals surface area contributed by atoms with Gasteiger partial charge in [-0.15, -0.1) is 35.7 Å². The predicted molar refractivity (Wildman–Crippen MR) is 181 cm³/mol. The third-order valence-corrected chi connectivity index (χ3v) is 10.2. The zero-order valence-corrected chi connectivity index (χ0v) is 28.3. The van der Waals surface area contributed by atoms with Crippen LogP contribution in [-0.2, 0) is 30.9 Å². The van der Waals surface area contributed by atoms with Crippen molar-refractivity contribution in [3.8, 4) is 5.69 Å². The first-order valence-corrected chi connectivity index (χ1v) is 15.3. The van der Waals surface area contributed by atoms with E-state index >= 15 is 0 Å². The Morgan fingerprint density at radius 2 is 1.46 bits per heavy atom. The van der Waals surface area contributed by atoms with E-state index in [-0.39, 0.29) is 30.9 Å². The van der Waals surface area contributed by atoms with Crippen molar-refractivity contribution in [2.45, 2.75) is 38.5 Å². The molecule has 0 N–H and O–H groups in total. The Balaban J connectivity index is 0.000000133. The Hall–Kier alpha value is -4.84. The van der Waals surface area contributed by atoms with Crippen LogP contribution in [0.15, 0.2) is 109 Å². The number of aromatic nitrogens is 6. The molecule has 46 heavy (non-hydrogen) atoms. The summed E-state index contributed by atoms with van der Waals surface area (Å²) in [4.78, 5) is 14.1. The van der Waals surface area contributed by atoms with Crippen molar-refractivity contribution < 1.29 is 20.1 Å². The average Bonchev–Trinajstić information content (AvgIpc) is 3.77. The van der Waals surface area contributed by atoms with Crippen LogP contribution >= 0.6 is 0 Å². The van der Waals surface area contributed by atoms with Crippen molar-refractivity contribution in [3.63, 3.8) is 0 Å². The van der Waals surface area contributed by atoms with Crippen LogP contribution in [0.5, 0.6) is 0 Å². The summed E-state index contributed by atoms with van der Waals surface area (Å²) in [6, 6.07) is 39.8. The zero-order valence-electron chi connectivity index (χ0n) is 25.9. The Morgan fingerprint density at radius 3 is 2.30 bits per heavy atom. The van der Waals surface area contributed by atoms with E-state index in [0.29, 0.717) is 0 Å². The third-order valence-electron chi connectivity index (χ3n) is 10.2. The predicted octanol–water partition coefficient (Wildman–Crippen LogP) is 8.63. The molecule has 0 unspecified atom stereocenters. The van der Waals surface area contributed by atoms with Gasteiger partial charge in [0, 0.05) is 60.2 Å². The molecule has 6 heterocycles. The SMILES string of the molecule is CC1(C)c2cccc3c4ccc[c-]c4c4ncc(n4c23)C1(C)C.[Ir].[c-]1cccc2c1n1c3ncccc3nc1n2-c1ccccc1. The van der Waals surface area contributed by atoms with E-state index in [1.165, 1.54) is 27.5 Å². The second kappa shape index (κ2) is 10.1. The van der Waals surface area contributed by atoms with Crippen molar-refractivity contribution in [1.82, 2.24) is 28.3 Å². The molecular formula is C39H30IrN6-2. The number of rotatable bonds is 1. The van der Waals surface area contributed by atoms with Crippen LogP contribution in [0.25, 0.3) is 61.0 Å². The monoisotopic (exact) mass is 775 g/mol. The first-order chi connectivity index (χ1) is 21.9. The van der Waals surface area contributed by atoms with Crippen LogP contribution in [0.4, 0.5) is 0 Å². The Labute approximate surface area is 279 Å². The van der Waals surface area contributed by atoms with Gasteiger partial charge < -0.3 is 8.97 Å². The summed E-state index contributed by atoms with van der Waals surface area (Å²) >= 11 is 0. The molecule has 1 radical (unpaired) electrons. The summed E-state index contributed by atoms with van der Waals surface area (Å²) < 4.78 is 6.58. The minimum absolute atomic E-state index is 0. The molecule has 0 aliphatic carbocycles. The fourth-order valence-corrected chi connectivity index (χ4v) is 7.18. The van der Waals surface area contributed by atoms with Crippen molar-refractivity contribution >= 4 is 55.3 Å². The van der Waals surface area contributed by atoms with E-state index in [2.05, 4.69) is 113 Å². The van der Waals surface area contributed by atoms with Crippen LogP contribution in [-0.4, -0.2) is 28.3 Å². The first-order valence-electron chi connectivity index (χ1n) is 15.3. The summed E-state index contributed by atoms with van der Waals surface area (Å²) in [5.74, 6) is 0.859. The number of benzene rings is 4. The van der Waals surface area contributed by atoms with Crippen molar-refractivity contribution in [3.05, 3.63) is 133 Å². The number of imidazole rings is 3. The normalized spacial score (nSPS) is 14.7. The first kappa shape index (κ1) is 28.6. The van der Waals surface area contributed by atoms with Gasteiger partial charge in [0.25, 0.3) is 0 Å². The van der Waals surface area contributed by atoms with Crippen LogP contribution in [0.3, 0.4) is 0 Å². The zero-order chi connectivity index (χ0) is 30.5. The van der Waals surface area contributed by atoms with Gasteiger partial charge in [0.2, 0.25) is 5.78 Å². The largest absolute Gasteiger partial charge is 0.337 e. The van der Waals surface area contributed by atoms with Gasteiger partial charge in [0.05, 0.1) is 5.65 Å². The maximum Gasteiger partial charge on any atom is 0.208 e. The van der Waals surface area contributed by atoms with E-state index in [9.17, 15) is 0 Å². The van der Waals surface area contributed by atoms with Gasteiger partial charge in [0.1, 0.15) is 5.52 Å². The van der Waals surface area contributed by atoms with Crippen molar-refractivity contribution in [2.75, 3.05) is 0 Å². The summed E-state index contributed by atoms with van der Waals surface area (Å²) in [6.45, 7) is 9.37. The fourth-order valence-electron chi connectivity index (χ4n) is 7.18. The van der Waals surface area contributed by atoms with Gasteiger partial charge in [-0.05, 0) is 46.2 Å². The molecule has 1 aliphatic rings. The average molecular weight is 775 g/mol. The van der Waals surface area contributed by atoms with Crippen LogP contribution in [0, 0.1) is 12.1 Å². The number of fused-ring (bicyclic) bond motifs is 8. The fraction of sp³-hybridized carbons (Fsp3) is 0.154. The summed E-state index contributed by atoms with van der Waals surface area (Å²) in [5.41, 5.74) is 9.98. The van der Waals surface area contributed by atoms with E-state index in [0.717, 1.165) is 44.7 Å². The van der Waals surface area contributed by atoms with Gasteiger partial charge in [-0.1, -0.05) is 69.5 Å². The maximum atomic E-state index is 4.79. The molecule has 0 fully saturated rings. The molecule has 0 bridgehead atoms. The number of nitrogens with zero attached hydrogens (tertiary/aromatic N) is 6. The minimum atomic E-state index is 0. The molecule has 0 spiro atoms. The Bertz CT molecular complexity index is 2610. The molecule has 9 aromatic rings. The van der Waals surface area contributed by atoms with E-state index < -0.39 is 0 Å². The molecule has 0 amide bonds. The van der Waals surface area contributed by atoms with Crippen LogP contribution in [0.2, 0.25) is 0 Å². The number of hydrogen-bond acceptors (Lipinski definition) is 3. The van der Waals surface area contributed by atoms with Crippen LogP contribution < -0.4 is 0 Å². The molecule has 0 atom stereocenters. The minimum Gasteiger partial charge on any atom is -0.337 e. The summed E-state index contributed by atoms with van der Waals surface area (Å²) in [6.07, 6.45) is 3.86. The third kappa shape index (κ3) is 3.70. The number of hydrogen-bond donors (Lipinski definition) is 0. The standard InChI is InChI=1S/C21H19N2.C18H11N4.Ir/c1-20(2)16-11-7-10-14-13-8-5-6-9-15(13)19-22-12-17(21(20,3)4)23(19)18(14)16;1-2-7-13(8-3-1)21-15-10-4-5-11-16(15)22-17-14(20-18(21)22)9-6-12-19-17;/h5-8,10-12H,1-4H3;1-10,12H;/q2*-1;. The second-order valence-corrected chi connectivity index (χ2v) is 12.9. The van der Waals surface area contributed by atoms with E-state index in [1.54, 1.807) is 6.20 Å². The number of para-hydroxylation sites is 3.